The quantitative estimate of drug-likeness (QED) is 0.147. The van der Waals surface area contributed by atoms with E-state index in [-0.39, 0.29) is 11.3 Å². The molecule has 7 nitrogen and oxygen atoms in total. The highest BCUT2D eigenvalue weighted by atomic mass is 79.9. The molecule has 0 spiro atoms. The van der Waals surface area contributed by atoms with Gasteiger partial charge in [-0.05, 0) is 60.9 Å². The van der Waals surface area contributed by atoms with E-state index in [0.717, 1.165) is 21.2 Å². The summed E-state index contributed by atoms with van der Waals surface area (Å²) in [6, 6.07) is 21.7. The third-order valence-corrected chi connectivity index (χ3v) is 7.24. The summed E-state index contributed by atoms with van der Waals surface area (Å²) < 4.78 is 8.70. The van der Waals surface area contributed by atoms with E-state index >= 15 is 0 Å². The fourth-order valence-electron chi connectivity index (χ4n) is 4.78. The predicted octanol–water partition coefficient (Wildman–Crippen LogP) is 6.05. The molecule has 1 N–H and O–H groups in total. The average molecular weight is 586 g/mol. The van der Waals surface area contributed by atoms with Gasteiger partial charge in [0.1, 0.15) is 18.1 Å². The lowest BCUT2D eigenvalue weighted by atomic mass is 9.95. The van der Waals surface area contributed by atoms with Crippen LogP contribution in [0.15, 0.2) is 102 Å². The Kier molecular flexibility index (Phi) is 7.93. The average Bonchev–Trinajstić information content (AvgIpc) is 3.55. The summed E-state index contributed by atoms with van der Waals surface area (Å²) >= 11 is 3.45. The maximum Gasteiger partial charge on any atom is 0.295 e. The summed E-state index contributed by atoms with van der Waals surface area (Å²) in [5.74, 6) is -0.878. The lowest BCUT2D eigenvalue weighted by Crippen LogP contribution is -2.31. The van der Waals surface area contributed by atoms with Gasteiger partial charge in [-0.25, -0.2) is 4.98 Å². The molecule has 0 radical (unpaired) electrons. The van der Waals surface area contributed by atoms with Crippen LogP contribution in [0.2, 0.25) is 0 Å². The first kappa shape index (κ1) is 26.4. The Balaban J connectivity index is 1.41. The number of aliphatic hydroxyl groups excluding tert-OH is 1. The number of nitrogens with zero attached hydrogens (tertiary/aromatic N) is 3. The molecule has 1 aliphatic heterocycles. The SMILES string of the molecule is Cc1cccc(COc2ccc(C(O)=C3C(=O)C(=O)N(CCCn4ccnc4)C3c3ccc(Br)cc3)cc2)c1. The van der Waals surface area contributed by atoms with Crippen molar-refractivity contribution in [2.75, 3.05) is 6.54 Å². The molecule has 3 aromatic carbocycles. The summed E-state index contributed by atoms with van der Waals surface area (Å²) in [5, 5.41) is 11.3. The molecule has 198 valence electrons. The van der Waals surface area contributed by atoms with Crippen LogP contribution in [-0.4, -0.2) is 37.8 Å². The zero-order valence-electron chi connectivity index (χ0n) is 21.5. The van der Waals surface area contributed by atoms with Gasteiger partial charge in [0.25, 0.3) is 11.7 Å². The molecular weight excluding hydrogens is 558 g/mol. The lowest BCUT2D eigenvalue weighted by Gasteiger charge is -2.25. The maximum absolute atomic E-state index is 13.3. The zero-order chi connectivity index (χ0) is 27.4. The maximum atomic E-state index is 13.3. The number of carbonyl (C=O) groups is 2. The number of aromatic nitrogens is 2. The van der Waals surface area contributed by atoms with Crippen LogP contribution in [0.4, 0.5) is 0 Å². The Morgan fingerprint density at radius 2 is 1.79 bits per heavy atom. The third-order valence-electron chi connectivity index (χ3n) is 6.72. The minimum atomic E-state index is -0.696. The van der Waals surface area contributed by atoms with Crippen LogP contribution in [0.1, 0.15) is 34.7 Å². The molecule has 1 aliphatic rings. The van der Waals surface area contributed by atoms with Gasteiger partial charge in [-0.2, -0.15) is 0 Å². The smallest absolute Gasteiger partial charge is 0.295 e. The Labute approximate surface area is 235 Å². The van der Waals surface area contributed by atoms with Crippen molar-refractivity contribution in [2.24, 2.45) is 0 Å². The molecule has 1 aromatic heterocycles. The first-order valence-corrected chi connectivity index (χ1v) is 13.5. The second kappa shape index (κ2) is 11.7. The lowest BCUT2D eigenvalue weighted by molar-refractivity contribution is -0.139. The number of ketones is 1. The Bertz CT molecular complexity index is 1500. The molecule has 1 amide bonds. The van der Waals surface area contributed by atoms with E-state index in [1.54, 1.807) is 41.7 Å². The van der Waals surface area contributed by atoms with Gasteiger partial charge in [-0.15, -0.1) is 0 Å². The summed E-state index contributed by atoms with van der Waals surface area (Å²) in [5.41, 5.74) is 3.49. The third kappa shape index (κ3) is 5.96. The first-order chi connectivity index (χ1) is 18.9. The van der Waals surface area contributed by atoms with Crippen LogP contribution in [0, 0.1) is 6.92 Å². The number of rotatable bonds is 9. The fourth-order valence-corrected chi connectivity index (χ4v) is 5.04. The number of hydrogen-bond donors (Lipinski definition) is 1. The molecule has 1 unspecified atom stereocenters. The summed E-state index contributed by atoms with van der Waals surface area (Å²) in [6.45, 7) is 3.46. The number of likely N-dealkylation sites (tertiary alicyclic amines) is 1. The van der Waals surface area contributed by atoms with Crippen LogP contribution in [-0.2, 0) is 22.7 Å². The number of benzene rings is 3. The highest BCUT2D eigenvalue weighted by molar-refractivity contribution is 9.10. The topological polar surface area (TPSA) is 84.7 Å². The fraction of sp³-hybridized carbons (Fsp3) is 0.194. The van der Waals surface area contributed by atoms with Crippen LogP contribution in [0.3, 0.4) is 0 Å². The van der Waals surface area contributed by atoms with Gasteiger partial charge < -0.3 is 19.3 Å². The van der Waals surface area contributed by atoms with E-state index < -0.39 is 17.7 Å². The van der Waals surface area contributed by atoms with E-state index in [0.29, 0.717) is 37.4 Å². The number of halogens is 1. The molecule has 5 rings (SSSR count). The second-order valence-corrected chi connectivity index (χ2v) is 10.4. The number of aryl methyl sites for hydroxylation is 2. The van der Waals surface area contributed by atoms with E-state index in [9.17, 15) is 14.7 Å². The molecule has 4 aromatic rings. The normalized spacial score (nSPS) is 16.6. The van der Waals surface area contributed by atoms with E-state index in [4.69, 9.17) is 4.74 Å². The predicted molar refractivity (Wildman–Crippen MR) is 152 cm³/mol. The van der Waals surface area contributed by atoms with Gasteiger partial charge in [0, 0.05) is 35.5 Å². The van der Waals surface area contributed by atoms with Crippen molar-refractivity contribution in [1.82, 2.24) is 14.5 Å². The summed E-state index contributed by atoms with van der Waals surface area (Å²) in [6.07, 6.45) is 5.90. The van der Waals surface area contributed by atoms with Gasteiger partial charge >= 0.3 is 0 Å². The molecule has 8 heteroatoms. The molecular formula is C31H28BrN3O4. The number of amides is 1. The van der Waals surface area contributed by atoms with Crippen LogP contribution < -0.4 is 4.74 Å². The second-order valence-electron chi connectivity index (χ2n) is 9.50. The van der Waals surface area contributed by atoms with Crippen molar-refractivity contribution < 1.29 is 19.4 Å². The van der Waals surface area contributed by atoms with Crippen molar-refractivity contribution in [3.05, 3.63) is 124 Å². The van der Waals surface area contributed by atoms with Crippen molar-refractivity contribution in [3.63, 3.8) is 0 Å². The van der Waals surface area contributed by atoms with Gasteiger partial charge in [0.2, 0.25) is 0 Å². The number of aliphatic hydroxyl groups is 1. The molecule has 1 atom stereocenters. The highest BCUT2D eigenvalue weighted by Crippen LogP contribution is 2.40. The van der Waals surface area contributed by atoms with Gasteiger partial charge in [-0.3, -0.25) is 9.59 Å². The van der Waals surface area contributed by atoms with Crippen molar-refractivity contribution in [2.45, 2.75) is 32.5 Å². The number of hydrogen-bond acceptors (Lipinski definition) is 5. The zero-order valence-corrected chi connectivity index (χ0v) is 23.0. The summed E-state index contributed by atoms with van der Waals surface area (Å²) in [4.78, 5) is 32.0. The van der Waals surface area contributed by atoms with E-state index in [2.05, 4.69) is 27.0 Å². The first-order valence-electron chi connectivity index (χ1n) is 12.7. The number of carbonyl (C=O) groups excluding carboxylic acids is 2. The highest BCUT2D eigenvalue weighted by Gasteiger charge is 2.45. The molecule has 0 bridgehead atoms. The van der Waals surface area contributed by atoms with Gasteiger partial charge in [-0.1, -0.05) is 57.9 Å². The Morgan fingerprint density at radius 1 is 1.03 bits per heavy atom. The Morgan fingerprint density at radius 3 is 2.49 bits per heavy atom. The monoisotopic (exact) mass is 585 g/mol. The van der Waals surface area contributed by atoms with Crippen LogP contribution in [0.25, 0.3) is 5.76 Å². The van der Waals surface area contributed by atoms with Crippen molar-refractivity contribution in [3.8, 4) is 5.75 Å². The van der Waals surface area contributed by atoms with E-state index in [1.807, 2.05) is 60.2 Å². The minimum Gasteiger partial charge on any atom is -0.507 e. The Hall–Kier alpha value is -4.17. The summed E-state index contributed by atoms with van der Waals surface area (Å²) in [7, 11) is 0. The van der Waals surface area contributed by atoms with E-state index in [1.165, 1.54) is 0 Å². The molecule has 39 heavy (non-hydrogen) atoms. The number of ether oxygens (including phenoxy) is 1. The van der Waals surface area contributed by atoms with Crippen LogP contribution >= 0.6 is 15.9 Å². The van der Waals surface area contributed by atoms with Gasteiger partial charge in [0.05, 0.1) is 17.9 Å². The molecule has 0 aliphatic carbocycles. The molecule has 0 saturated carbocycles. The standard InChI is InChI=1S/C31H28BrN3O4/c1-21-4-2-5-22(18-21)19-39-26-12-8-24(9-13-26)29(36)27-28(23-6-10-25(32)11-7-23)35(31(38)30(27)37)16-3-15-34-17-14-33-20-34/h2,4-14,17-18,20,28,36H,3,15-16,19H2,1H3. The molecule has 1 saturated heterocycles. The molecule has 1 fully saturated rings. The number of imidazole rings is 1. The molecule has 2 heterocycles. The minimum absolute atomic E-state index is 0.0818. The largest absolute Gasteiger partial charge is 0.507 e. The van der Waals surface area contributed by atoms with Crippen molar-refractivity contribution >= 4 is 33.4 Å². The number of Topliss-reactive ketones (excluding diaryl/α,β-unsaturated/α-hetero) is 1. The van der Waals surface area contributed by atoms with Crippen LogP contribution in [0.5, 0.6) is 5.75 Å². The van der Waals surface area contributed by atoms with Gasteiger partial charge in [0.15, 0.2) is 0 Å². The van der Waals surface area contributed by atoms with Crippen molar-refractivity contribution in [1.29, 1.82) is 0 Å².